The van der Waals surface area contributed by atoms with Crippen molar-refractivity contribution < 1.29 is 9.47 Å². The number of nitrogens with zero attached hydrogens (tertiary/aromatic N) is 1. The van der Waals surface area contributed by atoms with Gasteiger partial charge in [-0.25, -0.2) is 0 Å². The van der Waals surface area contributed by atoms with Gasteiger partial charge in [0.1, 0.15) is 12.4 Å². The van der Waals surface area contributed by atoms with Gasteiger partial charge in [-0.2, -0.15) is 0 Å². The molecular formula is C19H31NO2. The van der Waals surface area contributed by atoms with Gasteiger partial charge in [-0.3, -0.25) is 4.90 Å². The van der Waals surface area contributed by atoms with E-state index in [0.717, 1.165) is 51.6 Å². The summed E-state index contributed by atoms with van der Waals surface area (Å²) >= 11 is 0. The van der Waals surface area contributed by atoms with E-state index in [-0.39, 0.29) is 0 Å². The Morgan fingerprint density at radius 1 is 1.09 bits per heavy atom. The average molecular weight is 305 g/mol. The fourth-order valence-electron chi connectivity index (χ4n) is 2.81. The molecular weight excluding hydrogens is 274 g/mol. The number of hydrogen-bond donors (Lipinski definition) is 0. The zero-order valence-corrected chi connectivity index (χ0v) is 14.6. The van der Waals surface area contributed by atoms with Crippen molar-refractivity contribution in [2.45, 2.75) is 40.0 Å². The second kappa shape index (κ2) is 8.54. The van der Waals surface area contributed by atoms with Crippen LogP contribution in [0, 0.1) is 5.92 Å². The molecule has 0 bridgehead atoms. The lowest BCUT2D eigenvalue weighted by atomic mass is 9.96. The van der Waals surface area contributed by atoms with E-state index >= 15 is 0 Å². The van der Waals surface area contributed by atoms with E-state index in [4.69, 9.17) is 9.47 Å². The van der Waals surface area contributed by atoms with Crippen LogP contribution in [-0.2, 0) is 11.2 Å². The van der Waals surface area contributed by atoms with Crippen LogP contribution in [0.2, 0.25) is 0 Å². The van der Waals surface area contributed by atoms with Crippen LogP contribution in [0.3, 0.4) is 0 Å². The molecule has 1 aromatic rings. The van der Waals surface area contributed by atoms with Gasteiger partial charge in [-0.05, 0) is 41.5 Å². The SMILES string of the molecule is CC(C)Cc1cc(OCCN2CCOCC2)cc(C(C)C)c1. The molecule has 0 aliphatic carbocycles. The summed E-state index contributed by atoms with van der Waals surface area (Å²) in [5.74, 6) is 2.23. The van der Waals surface area contributed by atoms with Crippen molar-refractivity contribution >= 4 is 0 Å². The maximum Gasteiger partial charge on any atom is 0.119 e. The quantitative estimate of drug-likeness (QED) is 0.766. The number of morpholine rings is 1. The van der Waals surface area contributed by atoms with Gasteiger partial charge in [0.2, 0.25) is 0 Å². The highest BCUT2D eigenvalue weighted by Crippen LogP contribution is 2.24. The molecule has 0 amide bonds. The minimum atomic E-state index is 0.536. The molecule has 0 saturated carbocycles. The zero-order valence-electron chi connectivity index (χ0n) is 14.6. The molecule has 0 spiro atoms. The van der Waals surface area contributed by atoms with Crippen LogP contribution >= 0.6 is 0 Å². The number of benzene rings is 1. The highest BCUT2D eigenvalue weighted by Gasteiger charge is 2.11. The van der Waals surface area contributed by atoms with E-state index in [0.29, 0.717) is 11.8 Å². The van der Waals surface area contributed by atoms with Crippen LogP contribution < -0.4 is 4.74 Å². The summed E-state index contributed by atoms with van der Waals surface area (Å²) in [5, 5.41) is 0. The van der Waals surface area contributed by atoms with E-state index in [1.54, 1.807) is 0 Å². The van der Waals surface area contributed by atoms with Crippen LogP contribution in [0.1, 0.15) is 44.7 Å². The summed E-state index contributed by atoms with van der Waals surface area (Å²) < 4.78 is 11.4. The normalized spacial score (nSPS) is 16.5. The van der Waals surface area contributed by atoms with Crippen molar-refractivity contribution in [2.75, 3.05) is 39.5 Å². The lowest BCUT2D eigenvalue weighted by Crippen LogP contribution is -2.38. The molecule has 1 aliphatic rings. The van der Waals surface area contributed by atoms with Gasteiger partial charge in [0.15, 0.2) is 0 Å². The van der Waals surface area contributed by atoms with E-state index < -0.39 is 0 Å². The van der Waals surface area contributed by atoms with E-state index in [1.165, 1.54) is 11.1 Å². The fraction of sp³-hybridized carbons (Fsp3) is 0.684. The summed E-state index contributed by atoms with van der Waals surface area (Å²) in [6, 6.07) is 6.75. The first-order valence-corrected chi connectivity index (χ1v) is 8.61. The summed E-state index contributed by atoms with van der Waals surface area (Å²) in [5.41, 5.74) is 2.77. The summed E-state index contributed by atoms with van der Waals surface area (Å²) in [4.78, 5) is 2.41. The monoisotopic (exact) mass is 305 g/mol. The van der Waals surface area contributed by atoms with Gasteiger partial charge in [0.05, 0.1) is 13.2 Å². The largest absolute Gasteiger partial charge is 0.492 e. The average Bonchev–Trinajstić information content (AvgIpc) is 2.47. The second-order valence-electron chi connectivity index (χ2n) is 6.97. The van der Waals surface area contributed by atoms with Crippen molar-refractivity contribution in [3.05, 3.63) is 29.3 Å². The Kier molecular flexibility index (Phi) is 6.71. The molecule has 1 aliphatic heterocycles. The minimum absolute atomic E-state index is 0.536. The van der Waals surface area contributed by atoms with Crippen molar-refractivity contribution in [2.24, 2.45) is 5.92 Å². The molecule has 1 fully saturated rings. The van der Waals surface area contributed by atoms with E-state index in [1.807, 2.05) is 0 Å². The standard InChI is InChI=1S/C19H31NO2/c1-15(2)11-17-12-18(16(3)4)14-19(13-17)22-10-7-20-5-8-21-9-6-20/h12-16H,5-11H2,1-4H3. The maximum atomic E-state index is 6.04. The van der Waals surface area contributed by atoms with Crippen LogP contribution in [0.5, 0.6) is 5.75 Å². The fourth-order valence-corrected chi connectivity index (χ4v) is 2.81. The Balaban J connectivity index is 1.94. The Labute approximate surface area is 135 Å². The third-order valence-electron chi connectivity index (χ3n) is 4.08. The van der Waals surface area contributed by atoms with Crippen LogP contribution in [0.4, 0.5) is 0 Å². The van der Waals surface area contributed by atoms with E-state index in [9.17, 15) is 0 Å². The molecule has 0 N–H and O–H groups in total. The minimum Gasteiger partial charge on any atom is -0.492 e. The number of hydrogen-bond acceptors (Lipinski definition) is 3. The molecule has 1 aromatic carbocycles. The van der Waals surface area contributed by atoms with Crippen LogP contribution in [0.25, 0.3) is 0 Å². The molecule has 0 unspecified atom stereocenters. The Bertz CT molecular complexity index is 451. The van der Waals surface area contributed by atoms with E-state index in [2.05, 4.69) is 50.8 Å². The molecule has 0 radical (unpaired) electrons. The van der Waals surface area contributed by atoms with Gasteiger partial charge in [-0.1, -0.05) is 33.8 Å². The van der Waals surface area contributed by atoms with Gasteiger partial charge < -0.3 is 9.47 Å². The lowest BCUT2D eigenvalue weighted by Gasteiger charge is -2.26. The first-order valence-electron chi connectivity index (χ1n) is 8.61. The molecule has 22 heavy (non-hydrogen) atoms. The third kappa shape index (κ3) is 5.62. The molecule has 0 aromatic heterocycles. The second-order valence-corrected chi connectivity index (χ2v) is 6.97. The molecule has 0 atom stereocenters. The molecule has 2 rings (SSSR count). The smallest absolute Gasteiger partial charge is 0.119 e. The lowest BCUT2D eigenvalue weighted by molar-refractivity contribution is 0.0322. The van der Waals surface area contributed by atoms with Crippen LogP contribution in [0.15, 0.2) is 18.2 Å². The van der Waals surface area contributed by atoms with Gasteiger partial charge in [-0.15, -0.1) is 0 Å². The molecule has 3 heteroatoms. The van der Waals surface area contributed by atoms with Crippen molar-refractivity contribution in [3.63, 3.8) is 0 Å². The maximum absolute atomic E-state index is 6.04. The highest BCUT2D eigenvalue weighted by atomic mass is 16.5. The zero-order chi connectivity index (χ0) is 15.9. The van der Waals surface area contributed by atoms with Gasteiger partial charge >= 0.3 is 0 Å². The predicted molar refractivity (Wildman–Crippen MR) is 91.8 cm³/mol. The predicted octanol–water partition coefficient (Wildman–Crippen LogP) is 3.72. The van der Waals surface area contributed by atoms with Crippen molar-refractivity contribution in [1.82, 2.24) is 4.90 Å². The van der Waals surface area contributed by atoms with Crippen molar-refractivity contribution in [3.8, 4) is 5.75 Å². The number of ether oxygens (including phenoxy) is 2. The summed E-state index contributed by atoms with van der Waals surface area (Å²) in [6.45, 7) is 14.5. The van der Waals surface area contributed by atoms with Gasteiger partial charge in [0, 0.05) is 19.6 Å². The molecule has 1 heterocycles. The number of rotatable bonds is 7. The molecule has 1 saturated heterocycles. The summed E-state index contributed by atoms with van der Waals surface area (Å²) in [6.07, 6.45) is 1.11. The Hall–Kier alpha value is -1.06. The first-order chi connectivity index (χ1) is 10.5. The molecule has 124 valence electrons. The third-order valence-corrected chi connectivity index (χ3v) is 4.08. The first kappa shape index (κ1) is 17.3. The van der Waals surface area contributed by atoms with Crippen LogP contribution in [-0.4, -0.2) is 44.4 Å². The van der Waals surface area contributed by atoms with Crippen molar-refractivity contribution in [1.29, 1.82) is 0 Å². The van der Waals surface area contributed by atoms with Gasteiger partial charge in [0.25, 0.3) is 0 Å². The Morgan fingerprint density at radius 3 is 2.45 bits per heavy atom. The Morgan fingerprint density at radius 2 is 1.82 bits per heavy atom. The topological polar surface area (TPSA) is 21.7 Å². The molecule has 3 nitrogen and oxygen atoms in total. The summed E-state index contributed by atoms with van der Waals surface area (Å²) in [7, 11) is 0. The highest BCUT2D eigenvalue weighted by molar-refractivity contribution is 5.36.